The Labute approximate surface area is 183 Å². The molecule has 0 fully saturated rings. The van der Waals surface area contributed by atoms with Crippen LogP contribution in [0.5, 0.6) is 0 Å². The molecule has 1 N–H and O–H groups in total. The van der Waals surface area contributed by atoms with Crippen LogP contribution in [0.4, 0.5) is 21.2 Å². The maximum Gasteiger partial charge on any atom is 0.341 e. The van der Waals surface area contributed by atoms with E-state index in [4.69, 9.17) is 4.74 Å². The number of anilines is 3. The van der Waals surface area contributed by atoms with Crippen LogP contribution in [0.1, 0.15) is 33.6 Å². The number of ether oxygens (including phenoxy) is 1. The first-order valence-corrected chi connectivity index (χ1v) is 11.5. The van der Waals surface area contributed by atoms with Gasteiger partial charge in [0.1, 0.15) is 5.00 Å². The predicted octanol–water partition coefficient (Wildman–Crippen LogP) is 6.25. The van der Waals surface area contributed by atoms with E-state index in [1.54, 1.807) is 16.7 Å². The molecule has 2 aliphatic rings. The van der Waals surface area contributed by atoms with Crippen molar-refractivity contribution in [2.45, 2.75) is 35.5 Å². The Morgan fingerprint density at radius 1 is 0.967 bits per heavy atom. The summed E-state index contributed by atoms with van der Waals surface area (Å²) < 4.78 is 5.04. The fourth-order valence-electron chi connectivity index (χ4n) is 4.05. The smallest absolute Gasteiger partial charge is 0.341 e. The number of esters is 1. The summed E-state index contributed by atoms with van der Waals surface area (Å²) in [6, 6.07) is 15.4. The number of para-hydroxylation sites is 2. The topological polar surface area (TPSA) is 58.6 Å². The summed E-state index contributed by atoms with van der Waals surface area (Å²) in [4.78, 5) is 31.0. The lowest BCUT2D eigenvalue weighted by Gasteiger charge is -2.30. The molecule has 0 radical (unpaired) electrons. The van der Waals surface area contributed by atoms with Gasteiger partial charge >= 0.3 is 12.0 Å². The quantitative estimate of drug-likeness (QED) is 0.483. The molecular formula is C23H20N2O3S2. The van der Waals surface area contributed by atoms with Crippen molar-refractivity contribution in [1.29, 1.82) is 0 Å². The minimum Gasteiger partial charge on any atom is -0.465 e. The number of amides is 2. The first kappa shape index (κ1) is 19.2. The van der Waals surface area contributed by atoms with Gasteiger partial charge in [0, 0.05) is 14.7 Å². The summed E-state index contributed by atoms with van der Waals surface area (Å²) in [5.41, 5.74) is 3.21. The lowest BCUT2D eigenvalue weighted by atomic mass is 9.95. The van der Waals surface area contributed by atoms with Gasteiger partial charge in [-0.15, -0.1) is 11.3 Å². The molecular weight excluding hydrogens is 416 g/mol. The highest BCUT2D eigenvalue weighted by atomic mass is 32.2. The van der Waals surface area contributed by atoms with Crippen LogP contribution in [0.2, 0.25) is 0 Å². The summed E-state index contributed by atoms with van der Waals surface area (Å²) in [5, 5.41) is 3.61. The number of benzene rings is 2. The maximum atomic E-state index is 13.5. The molecule has 0 saturated heterocycles. The van der Waals surface area contributed by atoms with Crippen LogP contribution in [-0.2, 0) is 17.6 Å². The molecule has 5 nitrogen and oxygen atoms in total. The largest absolute Gasteiger partial charge is 0.465 e. The first-order chi connectivity index (χ1) is 14.7. The Kier molecular flexibility index (Phi) is 5.00. The third-order valence-electron chi connectivity index (χ3n) is 5.42. The third kappa shape index (κ3) is 3.18. The monoisotopic (exact) mass is 436 g/mol. The van der Waals surface area contributed by atoms with Crippen molar-refractivity contribution in [2.75, 3.05) is 17.3 Å². The van der Waals surface area contributed by atoms with Gasteiger partial charge in [-0.3, -0.25) is 10.2 Å². The maximum absolute atomic E-state index is 13.5. The zero-order valence-corrected chi connectivity index (χ0v) is 18.1. The van der Waals surface area contributed by atoms with Crippen LogP contribution in [0.3, 0.4) is 0 Å². The average molecular weight is 437 g/mol. The number of carbonyl (C=O) groups excluding carboxylic acids is 2. The summed E-state index contributed by atoms with van der Waals surface area (Å²) in [6.07, 6.45) is 3.93. The molecule has 0 bridgehead atoms. The number of nitrogens with one attached hydrogen (secondary N) is 1. The SMILES string of the molecule is COC(=O)c1c(NC(=O)N2c3ccccc3Sc3ccccc32)sc2c1CCCC2. The first-order valence-electron chi connectivity index (χ1n) is 9.87. The van der Waals surface area contributed by atoms with Crippen LogP contribution in [0, 0.1) is 0 Å². The molecule has 5 rings (SSSR count). The number of rotatable bonds is 2. The standard InChI is InChI=1S/C23H20N2O3S2/c1-28-22(26)20-14-8-2-5-11-17(14)30-21(20)24-23(27)25-15-9-3-6-12-18(15)29-19-13-7-4-10-16(19)25/h3-4,6-7,9-10,12-13H,2,5,8,11H2,1H3,(H,24,27). The molecule has 2 amide bonds. The molecule has 0 unspecified atom stereocenters. The number of aryl methyl sites for hydroxylation is 1. The number of carbonyl (C=O) groups is 2. The van der Waals surface area contributed by atoms with Crippen molar-refractivity contribution in [2.24, 2.45) is 0 Å². The van der Waals surface area contributed by atoms with E-state index in [-0.39, 0.29) is 12.0 Å². The van der Waals surface area contributed by atoms with Crippen LogP contribution in [-0.4, -0.2) is 19.1 Å². The molecule has 0 atom stereocenters. The zero-order chi connectivity index (χ0) is 20.7. The van der Waals surface area contributed by atoms with E-state index >= 15 is 0 Å². The number of nitrogens with zero attached hydrogens (tertiary/aromatic N) is 1. The highest BCUT2D eigenvalue weighted by Crippen LogP contribution is 2.48. The lowest BCUT2D eigenvalue weighted by molar-refractivity contribution is 0.0601. The molecule has 0 saturated carbocycles. The van der Waals surface area contributed by atoms with Crippen LogP contribution in [0.15, 0.2) is 58.3 Å². The van der Waals surface area contributed by atoms with Gasteiger partial charge in [-0.1, -0.05) is 36.0 Å². The van der Waals surface area contributed by atoms with Crippen molar-refractivity contribution in [1.82, 2.24) is 0 Å². The Hall–Kier alpha value is -2.77. The summed E-state index contributed by atoms with van der Waals surface area (Å²) in [5.74, 6) is -0.389. The highest BCUT2D eigenvalue weighted by molar-refractivity contribution is 7.99. The summed E-state index contributed by atoms with van der Waals surface area (Å²) in [6.45, 7) is 0. The Morgan fingerprint density at radius 2 is 1.60 bits per heavy atom. The molecule has 1 aliphatic heterocycles. The second-order valence-corrected chi connectivity index (χ2v) is 9.40. The molecule has 30 heavy (non-hydrogen) atoms. The molecule has 2 heterocycles. The molecule has 1 aromatic heterocycles. The van der Waals surface area contributed by atoms with Gasteiger partial charge in [0.15, 0.2) is 0 Å². The average Bonchev–Trinajstić information content (AvgIpc) is 3.14. The van der Waals surface area contributed by atoms with Gasteiger partial charge in [-0.25, -0.2) is 9.59 Å². The van der Waals surface area contributed by atoms with E-state index in [2.05, 4.69) is 5.32 Å². The Bertz CT molecular complexity index is 1110. The highest BCUT2D eigenvalue weighted by Gasteiger charge is 2.31. The summed E-state index contributed by atoms with van der Waals surface area (Å²) in [7, 11) is 1.38. The van der Waals surface area contributed by atoms with E-state index in [0.717, 1.165) is 52.4 Å². The summed E-state index contributed by atoms with van der Waals surface area (Å²) >= 11 is 3.15. The fraction of sp³-hybridized carbons (Fsp3) is 0.217. The van der Waals surface area contributed by atoms with Crippen molar-refractivity contribution < 1.29 is 14.3 Å². The number of methoxy groups -OCH3 is 1. The van der Waals surface area contributed by atoms with Gasteiger partial charge in [0.05, 0.1) is 24.0 Å². The van der Waals surface area contributed by atoms with Gasteiger partial charge in [-0.05, 0) is 55.5 Å². The van der Waals surface area contributed by atoms with Crippen molar-refractivity contribution >= 4 is 51.5 Å². The van der Waals surface area contributed by atoms with E-state index in [1.807, 2.05) is 48.5 Å². The Morgan fingerprint density at radius 3 is 2.27 bits per heavy atom. The number of fused-ring (bicyclic) bond motifs is 3. The second-order valence-electron chi connectivity index (χ2n) is 7.21. The number of urea groups is 1. The number of hydrogen-bond acceptors (Lipinski definition) is 5. The minimum absolute atomic E-state index is 0.279. The van der Waals surface area contributed by atoms with E-state index in [0.29, 0.717) is 10.6 Å². The molecule has 1 aliphatic carbocycles. The molecule has 152 valence electrons. The zero-order valence-electron chi connectivity index (χ0n) is 16.4. The molecule has 7 heteroatoms. The minimum atomic E-state index is -0.389. The molecule has 0 spiro atoms. The second kappa shape index (κ2) is 7.81. The number of thiophene rings is 1. The van der Waals surface area contributed by atoms with Crippen LogP contribution >= 0.6 is 23.1 Å². The van der Waals surface area contributed by atoms with Crippen LogP contribution < -0.4 is 10.2 Å². The van der Waals surface area contributed by atoms with Gasteiger partial charge in [0.2, 0.25) is 0 Å². The van der Waals surface area contributed by atoms with Crippen molar-refractivity contribution in [3.05, 3.63) is 64.5 Å². The van der Waals surface area contributed by atoms with Gasteiger partial charge in [-0.2, -0.15) is 0 Å². The molecule has 3 aromatic rings. The molecule has 2 aromatic carbocycles. The van der Waals surface area contributed by atoms with E-state index in [1.165, 1.54) is 23.3 Å². The fourth-order valence-corrected chi connectivity index (χ4v) is 6.37. The predicted molar refractivity (Wildman–Crippen MR) is 120 cm³/mol. The normalized spacial score (nSPS) is 14.4. The van der Waals surface area contributed by atoms with E-state index in [9.17, 15) is 9.59 Å². The van der Waals surface area contributed by atoms with Crippen molar-refractivity contribution in [3.63, 3.8) is 0 Å². The Balaban J connectivity index is 1.56. The lowest BCUT2D eigenvalue weighted by Crippen LogP contribution is -2.33. The van der Waals surface area contributed by atoms with Crippen LogP contribution in [0.25, 0.3) is 0 Å². The third-order valence-corrected chi connectivity index (χ3v) is 7.75. The number of hydrogen-bond donors (Lipinski definition) is 1. The van der Waals surface area contributed by atoms with Gasteiger partial charge < -0.3 is 4.74 Å². The van der Waals surface area contributed by atoms with E-state index < -0.39 is 0 Å². The van der Waals surface area contributed by atoms with Gasteiger partial charge in [0.25, 0.3) is 0 Å². The van der Waals surface area contributed by atoms with Crippen molar-refractivity contribution in [3.8, 4) is 0 Å².